The summed E-state index contributed by atoms with van der Waals surface area (Å²) >= 11 is 6.03. The number of methoxy groups -OCH3 is 1. The van der Waals surface area contributed by atoms with E-state index < -0.39 is 12.7 Å². The van der Waals surface area contributed by atoms with Crippen molar-refractivity contribution in [2.75, 3.05) is 20.2 Å². The Morgan fingerprint density at radius 2 is 2.27 bits per heavy atom. The SMILES string of the molecule is [2H]C([2H])(C)O[C@@H]1CC(CC#N)N(C(=O)c2cc(OC)c3oc(CCc4cc(Cl)ccn4)nc3c2)C1. The van der Waals surface area contributed by atoms with Gasteiger partial charge >= 0.3 is 0 Å². The van der Waals surface area contributed by atoms with Crippen molar-refractivity contribution in [2.24, 2.45) is 0 Å². The standard InChI is InChI=1S/C24H25ClN4O4/c1-3-32-19-13-18(6-8-26)29(14-19)24(30)15-10-20-23(21(11-15)31-2)33-22(28-20)5-4-17-12-16(25)7-9-27-17/h7,9-12,18-19H,3-6,13-14H2,1-2H3/t18?,19-/m1/s1/i3D2. The Bertz CT molecular complexity index is 1270. The quantitative estimate of drug-likeness (QED) is 0.486. The number of hydrogen-bond donors (Lipinski definition) is 0. The topological polar surface area (TPSA) is 101 Å². The molecule has 0 saturated carbocycles. The van der Waals surface area contributed by atoms with Gasteiger partial charge in [0.15, 0.2) is 17.2 Å². The smallest absolute Gasteiger partial charge is 0.254 e. The second-order valence-corrected chi connectivity index (χ2v) is 8.19. The average molecular weight is 471 g/mol. The maximum Gasteiger partial charge on any atom is 0.254 e. The molecule has 1 fully saturated rings. The molecule has 1 aromatic carbocycles. The molecule has 1 unspecified atom stereocenters. The van der Waals surface area contributed by atoms with Gasteiger partial charge in [-0.15, -0.1) is 0 Å². The minimum Gasteiger partial charge on any atom is -0.493 e. The van der Waals surface area contributed by atoms with Crippen LogP contribution in [0.4, 0.5) is 0 Å². The summed E-state index contributed by atoms with van der Waals surface area (Å²) in [5.41, 5.74) is 2.08. The third kappa shape index (κ3) is 5.10. The van der Waals surface area contributed by atoms with Gasteiger partial charge in [0.05, 0.1) is 28.4 Å². The first-order chi connectivity index (χ1) is 16.7. The van der Waals surface area contributed by atoms with E-state index in [0.717, 1.165) is 5.69 Å². The molecule has 3 aromatic rings. The summed E-state index contributed by atoms with van der Waals surface area (Å²) in [4.78, 5) is 23.8. The summed E-state index contributed by atoms with van der Waals surface area (Å²) in [5, 5.41) is 9.84. The van der Waals surface area contributed by atoms with E-state index in [1.165, 1.54) is 14.0 Å². The van der Waals surface area contributed by atoms with Crippen molar-refractivity contribution in [3.05, 3.63) is 52.6 Å². The van der Waals surface area contributed by atoms with E-state index in [2.05, 4.69) is 16.0 Å². The number of ether oxygens (including phenoxy) is 2. The molecule has 3 heterocycles. The van der Waals surface area contributed by atoms with Gasteiger partial charge in [0, 0.05) is 48.0 Å². The van der Waals surface area contributed by atoms with Crippen LogP contribution in [0.5, 0.6) is 5.75 Å². The number of aryl methyl sites for hydroxylation is 2. The Kier molecular flexibility index (Phi) is 6.32. The lowest BCUT2D eigenvalue weighted by Gasteiger charge is -2.22. The molecule has 0 bridgehead atoms. The van der Waals surface area contributed by atoms with Gasteiger partial charge < -0.3 is 18.8 Å². The number of benzene rings is 1. The molecule has 0 N–H and O–H groups in total. The Morgan fingerprint density at radius 3 is 3.00 bits per heavy atom. The first kappa shape index (κ1) is 20.5. The normalized spacial score (nSPS) is 19.3. The van der Waals surface area contributed by atoms with Gasteiger partial charge in [-0.25, -0.2) is 4.98 Å². The van der Waals surface area contributed by atoms with Crippen molar-refractivity contribution in [3.63, 3.8) is 0 Å². The van der Waals surface area contributed by atoms with Crippen LogP contribution in [0.2, 0.25) is 5.02 Å². The Morgan fingerprint density at radius 1 is 1.42 bits per heavy atom. The molecule has 172 valence electrons. The summed E-state index contributed by atoms with van der Waals surface area (Å²) in [6.07, 6.45) is 2.73. The number of amides is 1. The van der Waals surface area contributed by atoms with E-state index in [-0.39, 0.29) is 24.9 Å². The average Bonchev–Trinajstić information content (AvgIpc) is 3.39. The number of rotatable bonds is 8. The molecule has 4 rings (SSSR count). The van der Waals surface area contributed by atoms with Crippen molar-refractivity contribution < 1.29 is 21.4 Å². The van der Waals surface area contributed by atoms with Crippen molar-refractivity contribution in [1.29, 1.82) is 5.26 Å². The van der Waals surface area contributed by atoms with E-state index in [1.54, 1.807) is 35.4 Å². The van der Waals surface area contributed by atoms with Gasteiger partial charge in [0.2, 0.25) is 0 Å². The highest BCUT2D eigenvalue weighted by Crippen LogP contribution is 2.31. The van der Waals surface area contributed by atoms with Crippen LogP contribution in [0.1, 0.15) is 44.4 Å². The molecule has 8 nitrogen and oxygen atoms in total. The molecule has 1 saturated heterocycles. The number of carbonyl (C=O) groups excluding carboxylic acids is 1. The molecule has 0 radical (unpaired) electrons. The fraction of sp³-hybridized carbons (Fsp3) is 0.417. The molecule has 0 spiro atoms. The zero-order valence-electron chi connectivity index (χ0n) is 20.4. The summed E-state index contributed by atoms with van der Waals surface area (Å²) in [5.74, 6) is 0.548. The maximum atomic E-state index is 13.4. The van der Waals surface area contributed by atoms with E-state index in [4.69, 9.17) is 28.2 Å². The number of pyridine rings is 1. The maximum absolute atomic E-state index is 13.4. The van der Waals surface area contributed by atoms with Crippen LogP contribution in [-0.4, -0.2) is 53.1 Å². The fourth-order valence-electron chi connectivity index (χ4n) is 4.09. The summed E-state index contributed by atoms with van der Waals surface area (Å²) in [7, 11) is 1.49. The minimum atomic E-state index is -1.83. The summed E-state index contributed by atoms with van der Waals surface area (Å²) < 4.78 is 32.2. The highest BCUT2D eigenvalue weighted by atomic mass is 35.5. The molecule has 1 aliphatic rings. The van der Waals surface area contributed by atoms with Gasteiger partial charge in [0.1, 0.15) is 5.52 Å². The highest BCUT2D eigenvalue weighted by Gasteiger charge is 2.36. The van der Waals surface area contributed by atoms with Gasteiger partial charge in [-0.3, -0.25) is 9.78 Å². The molecule has 1 aliphatic heterocycles. The Hall–Kier alpha value is -3.15. The predicted molar refractivity (Wildman–Crippen MR) is 122 cm³/mol. The van der Waals surface area contributed by atoms with Gasteiger partial charge in [-0.1, -0.05) is 11.6 Å². The zero-order valence-corrected chi connectivity index (χ0v) is 19.1. The van der Waals surface area contributed by atoms with Crippen LogP contribution in [0.15, 0.2) is 34.9 Å². The van der Waals surface area contributed by atoms with Gasteiger partial charge in [-0.2, -0.15) is 5.26 Å². The Labute approximate surface area is 199 Å². The predicted octanol–water partition coefficient (Wildman–Crippen LogP) is 4.20. The van der Waals surface area contributed by atoms with Crippen LogP contribution >= 0.6 is 11.6 Å². The molecule has 2 aromatic heterocycles. The summed E-state index contributed by atoms with van der Waals surface area (Å²) in [6, 6.07) is 8.46. The lowest BCUT2D eigenvalue weighted by Crippen LogP contribution is -2.36. The number of fused-ring (bicyclic) bond motifs is 1. The number of halogens is 1. The van der Waals surface area contributed by atoms with Crippen LogP contribution in [0, 0.1) is 11.3 Å². The minimum absolute atomic E-state index is 0.128. The number of hydrogen-bond acceptors (Lipinski definition) is 7. The number of aromatic nitrogens is 2. The van der Waals surface area contributed by atoms with Gasteiger partial charge in [-0.05, 0) is 44.0 Å². The first-order valence-electron chi connectivity index (χ1n) is 11.6. The van der Waals surface area contributed by atoms with E-state index in [0.29, 0.717) is 52.6 Å². The summed E-state index contributed by atoms with van der Waals surface area (Å²) in [6.45, 7) is -0.323. The van der Waals surface area contributed by atoms with Crippen molar-refractivity contribution >= 4 is 28.6 Å². The molecule has 1 amide bonds. The van der Waals surface area contributed by atoms with Crippen LogP contribution in [0.3, 0.4) is 0 Å². The number of nitrogens with zero attached hydrogens (tertiary/aromatic N) is 4. The molecule has 33 heavy (non-hydrogen) atoms. The number of nitriles is 1. The fourth-order valence-corrected chi connectivity index (χ4v) is 4.27. The number of oxazole rings is 1. The van der Waals surface area contributed by atoms with Crippen LogP contribution in [-0.2, 0) is 17.6 Å². The van der Waals surface area contributed by atoms with Crippen LogP contribution in [0.25, 0.3) is 11.1 Å². The second kappa shape index (κ2) is 10.2. The molecular weight excluding hydrogens is 444 g/mol. The molecule has 9 heteroatoms. The second-order valence-electron chi connectivity index (χ2n) is 7.75. The Balaban J connectivity index is 1.57. The van der Waals surface area contributed by atoms with E-state index in [1.807, 2.05) is 0 Å². The van der Waals surface area contributed by atoms with Crippen LogP contribution < -0.4 is 4.74 Å². The highest BCUT2D eigenvalue weighted by molar-refractivity contribution is 6.30. The van der Waals surface area contributed by atoms with Crippen molar-refractivity contribution in [2.45, 2.75) is 44.8 Å². The largest absolute Gasteiger partial charge is 0.493 e. The van der Waals surface area contributed by atoms with E-state index in [9.17, 15) is 10.1 Å². The van der Waals surface area contributed by atoms with Crippen molar-refractivity contribution in [1.82, 2.24) is 14.9 Å². The number of carbonyl (C=O) groups is 1. The lowest BCUT2D eigenvalue weighted by atomic mass is 10.1. The van der Waals surface area contributed by atoms with Gasteiger partial charge in [0.25, 0.3) is 5.91 Å². The third-order valence-electron chi connectivity index (χ3n) is 5.59. The molecular formula is C24H25ClN4O4. The zero-order chi connectivity index (χ0) is 25.2. The van der Waals surface area contributed by atoms with Crippen molar-refractivity contribution in [3.8, 4) is 11.8 Å². The molecule has 2 atom stereocenters. The lowest BCUT2D eigenvalue weighted by molar-refractivity contribution is 0.0590. The number of likely N-dealkylation sites (tertiary alicyclic amines) is 1. The molecule has 0 aliphatic carbocycles. The van der Waals surface area contributed by atoms with E-state index >= 15 is 0 Å². The first-order valence-corrected chi connectivity index (χ1v) is 11.0. The monoisotopic (exact) mass is 470 g/mol. The third-order valence-corrected chi connectivity index (χ3v) is 5.82.